The lowest BCUT2D eigenvalue weighted by Crippen LogP contribution is -2.33. The lowest BCUT2D eigenvalue weighted by molar-refractivity contribution is 0.416. The van der Waals surface area contributed by atoms with Crippen LogP contribution in [0.25, 0.3) is 0 Å². The van der Waals surface area contributed by atoms with Crippen molar-refractivity contribution in [3.8, 4) is 5.75 Å². The summed E-state index contributed by atoms with van der Waals surface area (Å²) < 4.78 is 28.7. The highest BCUT2D eigenvalue weighted by Crippen LogP contribution is 2.32. The summed E-state index contributed by atoms with van der Waals surface area (Å²) >= 11 is 6.12. The molecule has 1 N–H and O–H groups in total. The zero-order valence-corrected chi connectivity index (χ0v) is 16.3. The van der Waals surface area contributed by atoms with Gasteiger partial charge in [-0.15, -0.1) is 5.10 Å². The second-order valence-electron chi connectivity index (χ2n) is 6.23. The highest BCUT2D eigenvalue weighted by Gasteiger charge is 2.31. The van der Waals surface area contributed by atoms with Gasteiger partial charge in [-0.1, -0.05) is 11.6 Å². The van der Waals surface area contributed by atoms with E-state index in [9.17, 15) is 8.42 Å². The van der Waals surface area contributed by atoms with Gasteiger partial charge in [0, 0.05) is 24.2 Å². The fraction of sp³-hybridized carbons (Fsp3) is 0.438. The van der Waals surface area contributed by atoms with E-state index >= 15 is 0 Å². The second-order valence-corrected chi connectivity index (χ2v) is 8.87. The molecule has 8 nitrogen and oxygen atoms in total. The number of rotatable bonds is 5. The Labute approximate surface area is 157 Å². The van der Waals surface area contributed by atoms with Crippen LogP contribution in [0.3, 0.4) is 0 Å². The Hall–Kier alpha value is -2.13. The minimum Gasteiger partial charge on any atom is -0.495 e. The number of benzene rings is 1. The van der Waals surface area contributed by atoms with Crippen molar-refractivity contribution in [2.75, 3.05) is 35.9 Å². The summed E-state index contributed by atoms with van der Waals surface area (Å²) in [6.07, 6.45) is 2.09. The lowest BCUT2D eigenvalue weighted by atomic mass is 10.2. The third kappa shape index (κ3) is 3.99. The van der Waals surface area contributed by atoms with Crippen LogP contribution in [0.1, 0.15) is 12.0 Å². The molecule has 0 amide bonds. The Morgan fingerprint density at radius 3 is 2.81 bits per heavy atom. The van der Waals surface area contributed by atoms with Crippen molar-refractivity contribution in [2.24, 2.45) is 0 Å². The average Bonchev–Trinajstić information content (AvgIpc) is 2.97. The smallest absolute Gasteiger partial charge is 0.249 e. The molecule has 2 aromatic rings. The van der Waals surface area contributed by atoms with Gasteiger partial charge in [0.25, 0.3) is 0 Å². The molecule has 1 aliphatic heterocycles. The molecule has 0 radical (unpaired) electrons. The van der Waals surface area contributed by atoms with Crippen LogP contribution in [0.2, 0.25) is 5.02 Å². The molecule has 2 heterocycles. The van der Waals surface area contributed by atoms with E-state index in [0.29, 0.717) is 28.7 Å². The number of aryl methyl sites for hydroxylation is 1. The number of hydrogen-bond donors (Lipinski definition) is 1. The Kier molecular flexibility index (Phi) is 5.19. The van der Waals surface area contributed by atoms with E-state index in [1.54, 1.807) is 13.2 Å². The van der Waals surface area contributed by atoms with Gasteiger partial charge in [-0.2, -0.15) is 10.1 Å². The number of aromatic nitrogens is 3. The summed E-state index contributed by atoms with van der Waals surface area (Å²) in [5, 5.41) is 11.6. The zero-order chi connectivity index (χ0) is 18.9. The first-order valence-corrected chi connectivity index (χ1v) is 10.2. The minimum absolute atomic E-state index is 0.114. The molecule has 1 atom stereocenters. The molecular weight excluding hydrogens is 378 g/mol. The van der Waals surface area contributed by atoms with Gasteiger partial charge in [-0.3, -0.25) is 0 Å². The van der Waals surface area contributed by atoms with Crippen molar-refractivity contribution in [1.29, 1.82) is 0 Å². The summed E-state index contributed by atoms with van der Waals surface area (Å²) in [5.41, 5.74) is 1.55. The molecule has 1 aliphatic rings. The van der Waals surface area contributed by atoms with Crippen LogP contribution in [0.4, 0.5) is 17.5 Å². The number of nitrogens with zero attached hydrogens (tertiary/aromatic N) is 4. The molecule has 1 saturated heterocycles. The molecule has 140 valence electrons. The van der Waals surface area contributed by atoms with E-state index in [4.69, 9.17) is 16.3 Å². The monoisotopic (exact) mass is 397 g/mol. The molecule has 1 aromatic heterocycles. The van der Waals surface area contributed by atoms with Gasteiger partial charge < -0.3 is 15.0 Å². The van der Waals surface area contributed by atoms with Gasteiger partial charge in [-0.05, 0) is 25.0 Å². The Bertz CT molecular complexity index is 922. The number of anilines is 3. The first-order valence-electron chi connectivity index (χ1n) is 8.03. The average molecular weight is 398 g/mol. The van der Waals surface area contributed by atoms with Crippen molar-refractivity contribution in [1.82, 2.24) is 15.2 Å². The topological polar surface area (TPSA) is 97.3 Å². The van der Waals surface area contributed by atoms with Crippen molar-refractivity contribution < 1.29 is 13.2 Å². The highest BCUT2D eigenvalue weighted by atomic mass is 35.5. The molecular formula is C16H20ClN5O3S. The normalized spacial score (nSPS) is 18.5. The van der Waals surface area contributed by atoms with E-state index in [2.05, 4.69) is 20.5 Å². The highest BCUT2D eigenvalue weighted by molar-refractivity contribution is 7.91. The molecule has 26 heavy (non-hydrogen) atoms. The van der Waals surface area contributed by atoms with Gasteiger partial charge in [0.15, 0.2) is 15.7 Å². The maximum Gasteiger partial charge on any atom is 0.249 e. The first kappa shape index (κ1) is 18.7. The van der Waals surface area contributed by atoms with Gasteiger partial charge in [0.1, 0.15) is 5.75 Å². The Morgan fingerprint density at radius 1 is 1.38 bits per heavy atom. The van der Waals surface area contributed by atoms with Crippen LogP contribution in [-0.4, -0.2) is 55.3 Å². The van der Waals surface area contributed by atoms with Crippen molar-refractivity contribution in [3.05, 3.63) is 28.9 Å². The molecule has 0 aliphatic carbocycles. The fourth-order valence-electron chi connectivity index (χ4n) is 2.84. The van der Waals surface area contributed by atoms with Gasteiger partial charge in [0.2, 0.25) is 5.95 Å². The van der Waals surface area contributed by atoms with Crippen LogP contribution in [0.15, 0.2) is 18.3 Å². The number of sulfone groups is 1. The lowest BCUT2D eigenvalue weighted by Gasteiger charge is -2.24. The third-order valence-electron chi connectivity index (χ3n) is 4.39. The minimum atomic E-state index is -2.98. The van der Waals surface area contributed by atoms with Crippen molar-refractivity contribution >= 4 is 38.9 Å². The van der Waals surface area contributed by atoms with E-state index in [-0.39, 0.29) is 23.5 Å². The van der Waals surface area contributed by atoms with Crippen LogP contribution < -0.4 is 15.0 Å². The summed E-state index contributed by atoms with van der Waals surface area (Å²) in [4.78, 5) is 6.27. The van der Waals surface area contributed by atoms with Crippen molar-refractivity contribution in [2.45, 2.75) is 19.4 Å². The first-order chi connectivity index (χ1) is 12.3. The molecule has 1 aromatic carbocycles. The molecule has 0 bridgehead atoms. The van der Waals surface area contributed by atoms with Crippen LogP contribution >= 0.6 is 11.6 Å². The molecule has 10 heteroatoms. The summed E-state index contributed by atoms with van der Waals surface area (Å²) in [6.45, 7) is 1.89. The Morgan fingerprint density at radius 2 is 2.15 bits per heavy atom. The van der Waals surface area contributed by atoms with E-state index in [1.165, 1.54) is 6.20 Å². The summed E-state index contributed by atoms with van der Waals surface area (Å²) in [6, 6.07) is 3.44. The molecule has 3 rings (SSSR count). The molecule has 1 fully saturated rings. The zero-order valence-electron chi connectivity index (χ0n) is 14.7. The van der Waals surface area contributed by atoms with Crippen LogP contribution in [-0.2, 0) is 9.84 Å². The Balaban J connectivity index is 1.83. The molecule has 0 saturated carbocycles. The predicted octanol–water partition coefficient (Wildman–Crippen LogP) is 2.21. The SMILES string of the molecule is COc1cc(Cl)c(C)cc1Nc1nncc(N(C)C2CCS(=O)(=O)C2)n1. The fourth-order valence-corrected chi connectivity index (χ4v) is 4.76. The van der Waals surface area contributed by atoms with E-state index < -0.39 is 9.84 Å². The van der Waals surface area contributed by atoms with E-state index in [0.717, 1.165) is 5.56 Å². The second kappa shape index (κ2) is 7.24. The summed E-state index contributed by atoms with van der Waals surface area (Å²) in [7, 11) is 0.388. The molecule has 1 unspecified atom stereocenters. The quantitative estimate of drug-likeness (QED) is 0.820. The predicted molar refractivity (Wildman–Crippen MR) is 101 cm³/mol. The number of methoxy groups -OCH3 is 1. The summed E-state index contributed by atoms with van der Waals surface area (Å²) in [5.74, 6) is 1.72. The number of ether oxygens (including phenoxy) is 1. The van der Waals surface area contributed by atoms with Gasteiger partial charge in [0.05, 0.1) is 30.5 Å². The van der Waals surface area contributed by atoms with Gasteiger partial charge >= 0.3 is 0 Å². The third-order valence-corrected chi connectivity index (χ3v) is 6.55. The maximum atomic E-state index is 11.7. The molecule has 0 spiro atoms. The maximum absolute atomic E-state index is 11.7. The van der Waals surface area contributed by atoms with Gasteiger partial charge in [-0.25, -0.2) is 8.42 Å². The van der Waals surface area contributed by atoms with Crippen LogP contribution in [0.5, 0.6) is 5.75 Å². The number of hydrogen-bond acceptors (Lipinski definition) is 8. The van der Waals surface area contributed by atoms with Crippen molar-refractivity contribution in [3.63, 3.8) is 0 Å². The largest absolute Gasteiger partial charge is 0.495 e. The van der Waals surface area contributed by atoms with E-state index in [1.807, 2.05) is 24.9 Å². The standard InChI is InChI=1S/C16H20ClN5O3S/c1-10-6-13(14(25-3)7-12(10)17)19-16-20-15(8-18-21-16)22(2)11-4-5-26(23,24)9-11/h6-8,11H,4-5,9H2,1-3H3,(H,19,20,21). The number of halogens is 1. The van der Waals surface area contributed by atoms with Crippen LogP contribution in [0, 0.1) is 6.92 Å². The number of nitrogens with one attached hydrogen (secondary N) is 1.